The molecule has 0 atom stereocenters. The summed E-state index contributed by atoms with van der Waals surface area (Å²) >= 11 is 0. The lowest BCUT2D eigenvalue weighted by Crippen LogP contribution is -2.36. The number of aromatic nitrogens is 3. The van der Waals surface area contributed by atoms with Crippen molar-refractivity contribution in [2.24, 2.45) is 0 Å². The molecule has 2 aromatic carbocycles. The molecule has 1 aromatic heterocycles. The van der Waals surface area contributed by atoms with Gasteiger partial charge in [0.05, 0.1) is 12.8 Å². The van der Waals surface area contributed by atoms with E-state index in [9.17, 15) is 9.59 Å². The predicted octanol–water partition coefficient (Wildman–Crippen LogP) is 2.88. The van der Waals surface area contributed by atoms with Gasteiger partial charge in [0.1, 0.15) is 12.3 Å². The zero-order valence-corrected chi connectivity index (χ0v) is 16.8. The van der Waals surface area contributed by atoms with Crippen molar-refractivity contribution < 1.29 is 9.53 Å². The van der Waals surface area contributed by atoms with Gasteiger partial charge in [-0.3, -0.25) is 9.36 Å². The summed E-state index contributed by atoms with van der Waals surface area (Å²) in [6.45, 7) is 7.34. The lowest BCUT2D eigenvalue weighted by atomic mass is 10.2. The number of nitrogens with one attached hydrogen (secondary N) is 1. The molecule has 0 aliphatic heterocycles. The zero-order valence-electron chi connectivity index (χ0n) is 16.8. The highest BCUT2D eigenvalue weighted by atomic mass is 16.5. The summed E-state index contributed by atoms with van der Waals surface area (Å²) in [5, 5.41) is 7.33. The van der Waals surface area contributed by atoms with Gasteiger partial charge in [0.15, 0.2) is 5.82 Å². The Kier molecular flexibility index (Phi) is 5.97. The molecule has 29 heavy (non-hydrogen) atoms. The van der Waals surface area contributed by atoms with Gasteiger partial charge in [-0.05, 0) is 43.7 Å². The number of rotatable bonds is 7. The van der Waals surface area contributed by atoms with Crippen LogP contribution in [0.5, 0.6) is 5.75 Å². The molecule has 0 radical (unpaired) electrons. The third-order valence-corrected chi connectivity index (χ3v) is 4.32. The van der Waals surface area contributed by atoms with Gasteiger partial charge in [-0.2, -0.15) is 4.68 Å². The van der Waals surface area contributed by atoms with E-state index < -0.39 is 5.69 Å². The maximum atomic E-state index is 13.1. The van der Waals surface area contributed by atoms with Crippen molar-refractivity contribution >= 4 is 12.0 Å². The molecule has 0 aliphatic carbocycles. The number of carbonyl (C=O) groups is 1. The van der Waals surface area contributed by atoms with Crippen LogP contribution in [0.15, 0.2) is 59.9 Å². The van der Waals surface area contributed by atoms with Crippen LogP contribution >= 0.6 is 0 Å². The van der Waals surface area contributed by atoms with Crippen LogP contribution < -0.4 is 15.7 Å². The molecule has 0 aliphatic rings. The third-order valence-electron chi connectivity index (χ3n) is 4.32. The monoisotopic (exact) mass is 392 g/mol. The lowest BCUT2D eigenvalue weighted by molar-refractivity contribution is -0.122. The second-order valence-corrected chi connectivity index (χ2v) is 6.85. The van der Waals surface area contributed by atoms with E-state index in [-0.39, 0.29) is 18.5 Å². The molecule has 1 amide bonds. The molecule has 0 unspecified atom stereocenters. The summed E-state index contributed by atoms with van der Waals surface area (Å²) < 4.78 is 7.95. The Morgan fingerprint density at radius 1 is 1.24 bits per heavy atom. The third kappa shape index (κ3) is 4.45. The van der Waals surface area contributed by atoms with Crippen molar-refractivity contribution in [1.29, 1.82) is 0 Å². The molecule has 0 bridgehead atoms. The molecule has 1 N–H and O–H groups in total. The summed E-state index contributed by atoms with van der Waals surface area (Å²) in [5.41, 5.74) is 1.83. The average Bonchev–Trinajstić information content (AvgIpc) is 3.03. The molecular formula is C22H24N4O3. The Labute approximate surface area is 169 Å². The first-order valence-electron chi connectivity index (χ1n) is 9.29. The minimum absolute atomic E-state index is 0.0278. The summed E-state index contributed by atoms with van der Waals surface area (Å²) in [6, 6.07) is 14.5. The van der Waals surface area contributed by atoms with E-state index in [0.29, 0.717) is 22.8 Å². The van der Waals surface area contributed by atoms with Crippen LogP contribution in [-0.4, -0.2) is 33.4 Å². The fraction of sp³-hybridized carbons (Fsp3) is 0.227. The van der Waals surface area contributed by atoms with Crippen LogP contribution in [0.4, 0.5) is 0 Å². The Morgan fingerprint density at radius 2 is 1.97 bits per heavy atom. The fourth-order valence-corrected chi connectivity index (χ4v) is 2.95. The number of nitrogens with zero attached hydrogens (tertiary/aromatic N) is 3. The van der Waals surface area contributed by atoms with Gasteiger partial charge in [-0.1, -0.05) is 36.9 Å². The first kappa shape index (κ1) is 20.1. The van der Waals surface area contributed by atoms with Gasteiger partial charge >= 0.3 is 5.69 Å². The van der Waals surface area contributed by atoms with Gasteiger partial charge in [0.25, 0.3) is 0 Å². The number of hydrogen-bond acceptors (Lipinski definition) is 4. The second kappa shape index (κ2) is 8.60. The lowest BCUT2D eigenvalue weighted by Gasteiger charge is -2.10. The van der Waals surface area contributed by atoms with E-state index in [2.05, 4.69) is 17.0 Å². The standard InChI is InChI=1S/C22H24N4O3/c1-5-16-9-11-18(12-10-16)26-22(28)25(14-20(27)23-15(2)3)21(24-26)17-7-6-8-19(13-17)29-4/h5-13,15H,1,14H2,2-4H3,(H,23,27). The van der Waals surface area contributed by atoms with Crippen LogP contribution in [0.1, 0.15) is 19.4 Å². The summed E-state index contributed by atoms with van der Waals surface area (Å²) in [6.07, 6.45) is 1.73. The van der Waals surface area contributed by atoms with Crippen molar-refractivity contribution in [3.8, 4) is 22.8 Å². The van der Waals surface area contributed by atoms with Crippen molar-refractivity contribution in [2.75, 3.05) is 7.11 Å². The number of benzene rings is 2. The van der Waals surface area contributed by atoms with Crippen LogP contribution in [0, 0.1) is 0 Å². The number of methoxy groups -OCH3 is 1. The van der Waals surface area contributed by atoms with Gasteiger partial charge in [0, 0.05) is 11.6 Å². The molecule has 3 rings (SSSR count). The first-order valence-corrected chi connectivity index (χ1v) is 9.29. The smallest absolute Gasteiger partial charge is 0.351 e. The Hall–Kier alpha value is -3.61. The van der Waals surface area contributed by atoms with E-state index in [1.165, 1.54) is 9.25 Å². The predicted molar refractivity (Wildman–Crippen MR) is 113 cm³/mol. The minimum atomic E-state index is -0.395. The Balaban J connectivity index is 2.12. The SMILES string of the molecule is C=Cc1ccc(-n2nc(-c3cccc(OC)c3)n(CC(=O)NC(C)C)c2=O)cc1. The van der Waals surface area contributed by atoms with E-state index in [0.717, 1.165) is 5.56 Å². The van der Waals surface area contributed by atoms with Crippen LogP contribution in [0.25, 0.3) is 23.2 Å². The average molecular weight is 392 g/mol. The Bertz CT molecular complexity index is 1080. The fourth-order valence-electron chi connectivity index (χ4n) is 2.95. The largest absolute Gasteiger partial charge is 0.497 e. The summed E-state index contributed by atoms with van der Waals surface area (Å²) in [7, 11) is 1.57. The highest BCUT2D eigenvalue weighted by Crippen LogP contribution is 2.22. The van der Waals surface area contributed by atoms with E-state index in [1.54, 1.807) is 31.4 Å². The van der Waals surface area contributed by atoms with Gasteiger partial charge in [0.2, 0.25) is 5.91 Å². The Morgan fingerprint density at radius 3 is 2.59 bits per heavy atom. The molecule has 0 fully saturated rings. The first-order chi connectivity index (χ1) is 13.9. The molecule has 150 valence electrons. The van der Waals surface area contributed by atoms with Crippen LogP contribution in [0.2, 0.25) is 0 Å². The topological polar surface area (TPSA) is 78.2 Å². The van der Waals surface area contributed by atoms with Crippen molar-refractivity contribution in [3.05, 3.63) is 71.2 Å². The quantitative estimate of drug-likeness (QED) is 0.671. The molecule has 0 saturated carbocycles. The summed E-state index contributed by atoms with van der Waals surface area (Å²) in [4.78, 5) is 25.5. The number of carbonyl (C=O) groups excluding carboxylic acids is 1. The highest BCUT2D eigenvalue weighted by molar-refractivity contribution is 5.76. The molecule has 7 nitrogen and oxygen atoms in total. The van der Waals surface area contributed by atoms with Crippen molar-refractivity contribution in [2.45, 2.75) is 26.4 Å². The second-order valence-electron chi connectivity index (χ2n) is 6.85. The van der Waals surface area contributed by atoms with Crippen molar-refractivity contribution in [1.82, 2.24) is 19.7 Å². The molecule has 1 heterocycles. The highest BCUT2D eigenvalue weighted by Gasteiger charge is 2.19. The molecule has 0 saturated heterocycles. The van der Waals surface area contributed by atoms with E-state index in [4.69, 9.17) is 4.74 Å². The van der Waals surface area contributed by atoms with Gasteiger partial charge in [-0.15, -0.1) is 5.10 Å². The van der Waals surface area contributed by atoms with Gasteiger partial charge < -0.3 is 10.1 Å². The normalized spacial score (nSPS) is 10.8. The molecule has 3 aromatic rings. The van der Waals surface area contributed by atoms with E-state index >= 15 is 0 Å². The van der Waals surface area contributed by atoms with E-state index in [1.807, 2.05) is 44.2 Å². The zero-order chi connectivity index (χ0) is 21.0. The summed E-state index contributed by atoms with van der Waals surface area (Å²) in [5.74, 6) is 0.770. The number of hydrogen-bond donors (Lipinski definition) is 1. The van der Waals surface area contributed by atoms with Gasteiger partial charge in [-0.25, -0.2) is 4.79 Å². The number of ether oxygens (including phenoxy) is 1. The maximum absolute atomic E-state index is 13.1. The molecule has 7 heteroatoms. The van der Waals surface area contributed by atoms with Crippen LogP contribution in [0.3, 0.4) is 0 Å². The number of amides is 1. The van der Waals surface area contributed by atoms with Crippen molar-refractivity contribution in [3.63, 3.8) is 0 Å². The molecular weight excluding hydrogens is 368 g/mol. The van der Waals surface area contributed by atoms with Crippen LogP contribution in [-0.2, 0) is 11.3 Å². The minimum Gasteiger partial charge on any atom is -0.497 e. The molecule has 0 spiro atoms. The maximum Gasteiger partial charge on any atom is 0.351 e.